The highest BCUT2D eigenvalue weighted by Gasteiger charge is 2.17. The van der Waals surface area contributed by atoms with Crippen molar-refractivity contribution in [2.45, 2.75) is 39.3 Å². The van der Waals surface area contributed by atoms with Crippen LogP contribution in [0.5, 0.6) is 0 Å². The van der Waals surface area contributed by atoms with Crippen LogP contribution in [0.3, 0.4) is 0 Å². The van der Waals surface area contributed by atoms with Crippen LogP contribution in [0.2, 0.25) is 0 Å². The molecule has 5 nitrogen and oxygen atoms in total. The second kappa shape index (κ2) is 6.08. The summed E-state index contributed by atoms with van der Waals surface area (Å²) in [6.45, 7) is 5.55. The molecule has 1 aromatic rings. The van der Waals surface area contributed by atoms with Crippen molar-refractivity contribution in [1.82, 2.24) is 10.6 Å². The Labute approximate surface area is 101 Å². The zero-order valence-corrected chi connectivity index (χ0v) is 10.3. The maximum Gasteiger partial charge on any atom is 0.255 e. The van der Waals surface area contributed by atoms with Gasteiger partial charge in [0.1, 0.15) is 12.3 Å². The molecule has 0 fully saturated rings. The minimum Gasteiger partial charge on any atom is -0.472 e. The van der Waals surface area contributed by atoms with Gasteiger partial charge in [0.15, 0.2) is 0 Å². The third-order valence-corrected chi connectivity index (χ3v) is 2.53. The topological polar surface area (TPSA) is 71.3 Å². The molecule has 0 bridgehead atoms. The summed E-state index contributed by atoms with van der Waals surface area (Å²) in [6, 6.07) is 1.09. The smallest absolute Gasteiger partial charge is 0.255 e. The van der Waals surface area contributed by atoms with Crippen molar-refractivity contribution in [3.8, 4) is 0 Å². The fourth-order valence-corrected chi connectivity index (χ4v) is 1.21. The Morgan fingerprint density at radius 1 is 1.35 bits per heavy atom. The van der Waals surface area contributed by atoms with E-state index in [1.165, 1.54) is 12.5 Å². The summed E-state index contributed by atoms with van der Waals surface area (Å²) in [4.78, 5) is 23.3. The van der Waals surface area contributed by atoms with Crippen molar-refractivity contribution in [1.29, 1.82) is 0 Å². The van der Waals surface area contributed by atoms with Gasteiger partial charge in [-0.05, 0) is 26.3 Å². The standard InChI is InChI=1S/C12H18N2O3/c1-4-8(2)13-11(15)9(3)14-12(16)10-5-6-17-7-10/h5-9H,4H2,1-3H3,(H,13,15)(H,14,16). The number of carbonyl (C=O) groups excluding carboxylic acids is 2. The van der Waals surface area contributed by atoms with Gasteiger partial charge in [0.2, 0.25) is 5.91 Å². The average molecular weight is 238 g/mol. The van der Waals surface area contributed by atoms with Crippen LogP contribution in [0, 0.1) is 0 Å². The van der Waals surface area contributed by atoms with Gasteiger partial charge in [0.05, 0.1) is 11.8 Å². The summed E-state index contributed by atoms with van der Waals surface area (Å²) in [5.41, 5.74) is 0.410. The average Bonchev–Trinajstić information content (AvgIpc) is 2.82. The Hall–Kier alpha value is -1.78. The molecule has 5 heteroatoms. The van der Waals surface area contributed by atoms with Gasteiger partial charge in [-0.15, -0.1) is 0 Å². The highest BCUT2D eigenvalue weighted by Crippen LogP contribution is 2.00. The lowest BCUT2D eigenvalue weighted by molar-refractivity contribution is -0.123. The molecule has 1 aromatic heterocycles. The first kappa shape index (κ1) is 13.3. The molecule has 1 heterocycles. The maximum absolute atomic E-state index is 11.7. The van der Waals surface area contributed by atoms with Crippen LogP contribution < -0.4 is 10.6 Å². The Morgan fingerprint density at radius 3 is 2.59 bits per heavy atom. The van der Waals surface area contributed by atoms with Crippen molar-refractivity contribution in [2.24, 2.45) is 0 Å². The second-order valence-corrected chi connectivity index (χ2v) is 4.03. The van der Waals surface area contributed by atoms with Crippen LogP contribution >= 0.6 is 0 Å². The lowest BCUT2D eigenvalue weighted by Crippen LogP contribution is -2.47. The second-order valence-electron chi connectivity index (χ2n) is 4.03. The van der Waals surface area contributed by atoms with E-state index in [0.29, 0.717) is 5.56 Å². The van der Waals surface area contributed by atoms with Crippen molar-refractivity contribution in [3.63, 3.8) is 0 Å². The molecule has 17 heavy (non-hydrogen) atoms. The fourth-order valence-electron chi connectivity index (χ4n) is 1.21. The lowest BCUT2D eigenvalue weighted by Gasteiger charge is -2.17. The number of furan rings is 1. The fraction of sp³-hybridized carbons (Fsp3) is 0.500. The van der Waals surface area contributed by atoms with Gasteiger partial charge in [0, 0.05) is 6.04 Å². The van der Waals surface area contributed by atoms with Crippen LogP contribution in [0.4, 0.5) is 0 Å². The molecule has 1 rings (SSSR count). The van der Waals surface area contributed by atoms with E-state index in [1.807, 2.05) is 13.8 Å². The van der Waals surface area contributed by atoms with E-state index in [0.717, 1.165) is 6.42 Å². The molecule has 0 saturated carbocycles. The first-order valence-corrected chi connectivity index (χ1v) is 5.68. The van der Waals surface area contributed by atoms with E-state index in [2.05, 4.69) is 10.6 Å². The van der Waals surface area contributed by atoms with E-state index in [9.17, 15) is 9.59 Å². The van der Waals surface area contributed by atoms with E-state index < -0.39 is 6.04 Å². The van der Waals surface area contributed by atoms with Crippen LogP contribution in [-0.2, 0) is 4.79 Å². The molecule has 2 N–H and O–H groups in total. The van der Waals surface area contributed by atoms with Gasteiger partial charge in [-0.1, -0.05) is 6.92 Å². The minimum atomic E-state index is -0.564. The molecular formula is C12H18N2O3. The van der Waals surface area contributed by atoms with Crippen molar-refractivity contribution in [3.05, 3.63) is 24.2 Å². The molecule has 0 radical (unpaired) electrons. The monoisotopic (exact) mass is 238 g/mol. The first-order valence-electron chi connectivity index (χ1n) is 5.68. The summed E-state index contributed by atoms with van der Waals surface area (Å²) >= 11 is 0. The van der Waals surface area contributed by atoms with Crippen LogP contribution in [-0.4, -0.2) is 23.9 Å². The predicted octanol–water partition coefficient (Wildman–Crippen LogP) is 1.31. The Bertz CT molecular complexity index is 373. The van der Waals surface area contributed by atoms with Crippen molar-refractivity contribution in [2.75, 3.05) is 0 Å². The third-order valence-electron chi connectivity index (χ3n) is 2.53. The highest BCUT2D eigenvalue weighted by atomic mass is 16.3. The van der Waals surface area contributed by atoms with Gasteiger partial charge < -0.3 is 15.1 Å². The quantitative estimate of drug-likeness (QED) is 0.812. The predicted molar refractivity (Wildman–Crippen MR) is 63.5 cm³/mol. The summed E-state index contributed by atoms with van der Waals surface area (Å²) in [5, 5.41) is 5.40. The number of nitrogens with one attached hydrogen (secondary N) is 2. The molecule has 0 saturated heterocycles. The van der Waals surface area contributed by atoms with Crippen LogP contribution in [0.25, 0.3) is 0 Å². The van der Waals surface area contributed by atoms with Crippen molar-refractivity contribution < 1.29 is 14.0 Å². The number of amides is 2. The van der Waals surface area contributed by atoms with E-state index >= 15 is 0 Å². The Kier molecular flexibility index (Phi) is 4.75. The van der Waals surface area contributed by atoms with Crippen molar-refractivity contribution >= 4 is 11.8 Å². The Morgan fingerprint density at radius 2 is 2.06 bits per heavy atom. The summed E-state index contributed by atoms with van der Waals surface area (Å²) in [7, 11) is 0. The lowest BCUT2D eigenvalue weighted by atomic mass is 10.2. The summed E-state index contributed by atoms with van der Waals surface area (Å²) in [6.07, 6.45) is 3.61. The molecule has 0 aromatic carbocycles. The first-order chi connectivity index (χ1) is 8.04. The van der Waals surface area contributed by atoms with Gasteiger partial charge in [0.25, 0.3) is 5.91 Å². The molecular weight excluding hydrogens is 220 g/mol. The molecule has 0 aliphatic carbocycles. The normalized spacial score (nSPS) is 13.8. The maximum atomic E-state index is 11.7. The number of rotatable bonds is 5. The van der Waals surface area contributed by atoms with Crippen LogP contribution in [0.15, 0.2) is 23.0 Å². The molecule has 0 spiro atoms. The molecule has 2 unspecified atom stereocenters. The minimum absolute atomic E-state index is 0.107. The number of hydrogen-bond donors (Lipinski definition) is 2. The number of hydrogen-bond acceptors (Lipinski definition) is 3. The van der Waals surface area contributed by atoms with E-state index in [-0.39, 0.29) is 17.9 Å². The SMILES string of the molecule is CCC(C)NC(=O)C(C)NC(=O)c1ccoc1. The molecule has 2 amide bonds. The zero-order chi connectivity index (χ0) is 12.8. The third kappa shape index (κ3) is 3.94. The highest BCUT2D eigenvalue weighted by molar-refractivity contribution is 5.97. The van der Waals surface area contributed by atoms with Gasteiger partial charge in [-0.25, -0.2) is 0 Å². The summed E-state index contributed by atoms with van der Waals surface area (Å²) in [5.74, 6) is -0.498. The molecule has 0 aliphatic heterocycles. The van der Waals surface area contributed by atoms with E-state index in [4.69, 9.17) is 4.42 Å². The van der Waals surface area contributed by atoms with Crippen LogP contribution in [0.1, 0.15) is 37.6 Å². The zero-order valence-electron chi connectivity index (χ0n) is 10.3. The summed E-state index contributed by atoms with van der Waals surface area (Å²) < 4.78 is 4.80. The van der Waals surface area contributed by atoms with E-state index in [1.54, 1.807) is 13.0 Å². The van der Waals surface area contributed by atoms with Gasteiger partial charge in [-0.2, -0.15) is 0 Å². The molecule has 2 atom stereocenters. The molecule has 0 aliphatic rings. The Balaban J connectivity index is 2.46. The largest absolute Gasteiger partial charge is 0.472 e. The van der Waals surface area contributed by atoms with Gasteiger partial charge >= 0.3 is 0 Å². The number of carbonyl (C=O) groups is 2. The van der Waals surface area contributed by atoms with Gasteiger partial charge in [-0.3, -0.25) is 9.59 Å². The molecule has 94 valence electrons.